The van der Waals surface area contributed by atoms with Crippen molar-refractivity contribution in [3.8, 4) is 22.4 Å². The zero-order chi connectivity index (χ0) is 53.8. The van der Waals surface area contributed by atoms with E-state index in [9.17, 15) is 73.3 Å². The molecule has 4 rings (SSSR count). The Labute approximate surface area is 396 Å². The second-order valence-electron chi connectivity index (χ2n) is 18.2. The van der Waals surface area contributed by atoms with E-state index in [1.54, 1.807) is 0 Å². The lowest BCUT2D eigenvalue weighted by Gasteiger charge is -2.38. The average molecular weight is 1030 g/mol. The van der Waals surface area contributed by atoms with Crippen LogP contribution in [0.2, 0.25) is 0 Å². The van der Waals surface area contributed by atoms with Crippen LogP contribution in [0.4, 0.5) is 62.3 Å². The summed E-state index contributed by atoms with van der Waals surface area (Å²) < 4.78 is 177. The molecule has 4 atom stereocenters. The van der Waals surface area contributed by atoms with Gasteiger partial charge in [0.15, 0.2) is 0 Å². The molecule has 0 saturated carbocycles. The van der Waals surface area contributed by atoms with Gasteiger partial charge in [0.05, 0.1) is 34.9 Å². The Morgan fingerprint density at radius 2 is 1.27 bits per heavy atom. The SMILES string of the molecule is CC(C)(C)OC(=O)N[C@H](C(=O)N[C@@H](Cc1ccc(-c2cnn(C(F)F)c2)cc1)[C@@H](O)CN(Cc1c(F)cc(-c2ccn(C(F)F)n2)cc1F)NC(=O)[C@@H](NC(=O)O)C(C)(C)C(F)(F)F)C(C)(C)C(F)(F)F. The van der Waals surface area contributed by atoms with Gasteiger partial charge in [0.25, 0.3) is 5.91 Å². The highest BCUT2D eigenvalue weighted by Gasteiger charge is 2.57. The lowest BCUT2D eigenvalue weighted by molar-refractivity contribution is -0.221. The fourth-order valence-corrected chi connectivity index (χ4v) is 6.67. The maximum atomic E-state index is 15.9. The number of aliphatic hydroxyl groups is 1. The monoisotopic (exact) mass is 1030 g/mol. The van der Waals surface area contributed by atoms with Crippen LogP contribution in [0.5, 0.6) is 0 Å². The van der Waals surface area contributed by atoms with E-state index in [0.29, 0.717) is 55.1 Å². The molecule has 0 radical (unpaired) electrons. The third-order valence-corrected chi connectivity index (χ3v) is 11.0. The maximum absolute atomic E-state index is 15.9. The summed E-state index contributed by atoms with van der Waals surface area (Å²) in [6.45, 7) is -2.51. The van der Waals surface area contributed by atoms with Crippen LogP contribution in [0, 0.1) is 22.5 Å². The molecule has 71 heavy (non-hydrogen) atoms. The molecule has 0 spiro atoms. The highest BCUT2D eigenvalue weighted by molar-refractivity contribution is 5.87. The van der Waals surface area contributed by atoms with E-state index < -0.39 is 132 Å². The summed E-state index contributed by atoms with van der Waals surface area (Å²) in [6, 6.07) is 0.444. The number of carbonyl (C=O) groups excluding carboxylic acids is 3. The first-order valence-electron chi connectivity index (χ1n) is 20.9. The van der Waals surface area contributed by atoms with Crippen molar-refractivity contribution in [2.75, 3.05) is 6.54 Å². The molecule has 0 saturated heterocycles. The highest BCUT2D eigenvalue weighted by atomic mass is 19.4. The van der Waals surface area contributed by atoms with E-state index in [1.807, 2.05) is 10.7 Å². The summed E-state index contributed by atoms with van der Waals surface area (Å²) in [5.41, 5.74) is -6.85. The zero-order valence-electron chi connectivity index (χ0n) is 38.6. The van der Waals surface area contributed by atoms with Gasteiger partial charge in [-0.15, -0.1) is 0 Å². The van der Waals surface area contributed by atoms with Gasteiger partial charge in [0.2, 0.25) is 5.91 Å². The van der Waals surface area contributed by atoms with Gasteiger partial charge in [-0.3, -0.25) is 15.0 Å². The van der Waals surface area contributed by atoms with Crippen molar-refractivity contribution >= 4 is 24.0 Å². The molecule has 0 bridgehead atoms. The molecular weight excluding hydrogens is 983 g/mol. The van der Waals surface area contributed by atoms with Crippen LogP contribution < -0.4 is 21.4 Å². The number of aliphatic hydroxyl groups excluding tert-OH is 1. The van der Waals surface area contributed by atoms with E-state index >= 15 is 8.78 Å². The standard InChI is InChI=1S/C43H49F12N9O7/c1-39(2,3)71-38(70)59-31(40(4,5)42(50,51)52)33(66)57-29(14-21-8-10-22(11-9-21)24-17-56-64(18-24)36(48)49)30(65)20-62(61-34(67)32(58-37(68)69)41(6,7)43(53,54)55)19-25-26(44)15-23(16-27(25)45)28-12-13-63(60-28)35(46)47/h8-13,15-18,29-32,35-36,58,65H,14,19-20H2,1-7H3,(H,57,66)(H,59,70)(H,61,67)(H,68,69)/t29-,30-,31+,32+/m0/s1. The number of halogens is 12. The molecule has 2 aromatic carbocycles. The minimum Gasteiger partial charge on any atom is -0.465 e. The van der Waals surface area contributed by atoms with E-state index in [2.05, 4.69) is 15.5 Å². The van der Waals surface area contributed by atoms with Gasteiger partial charge < -0.3 is 30.9 Å². The molecule has 0 aliphatic heterocycles. The molecule has 2 aromatic heterocycles. The van der Waals surface area contributed by atoms with Gasteiger partial charge in [0, 0.05) is 42.2 Å². The van der Waals surface area contributed by atoms with Gasteiger partial charge in [-0.05, 0) is 84.2 Å². The van der Waals surface area contributed by atoms with Crippen LogP contribution in [-0.4, -0.2) is 108 Å². The number of hydrogen-bond acceptors (Lipinski definition) is 9. The molecular formula is C43H49F12N9O7. The van der Waals surface area contributed by atoms with Gasteiger partial charge in [0.1, 0.15) is 29.3 Å². The number of amides is 4. The Balaban J connectivity index is 1.84. The molecule has 0 aliphatic rings. The van der Waals surface area contributed by atoms with Crippen LogP contribution in [0.15, 0.2) is 61.1 Å². The van der Waals surface area contributed by atoms with Crippen LogP contribution in [0.25, 0.3) is 22.4 Å². The van der Waals surface area contributed by atoms with E-state index in [1.165, 1.54) is 50.4 Å². The number of aromatic nitrogens is 4. The van der Waals surface area contributed by atoms with Gasteiger partial charge in [-0.1, -0.05) is 24.3 Å². The maximum Gasteiger partial charge on any atom is 0.408 e. The van der Waals surface area contributed by atoms with Crippen LogP contribution >= 0.6 is 0 Å². The van der Waals surface area contributed by atoms with Crippen molar-refractivity contribution in [1.82, 2.24) is 45.9 Å². The molecule has 6 N–H and O–H groups in total. The fourth-order valence-electron chi connectivity index (χ4n) is 6.67. The molecule has 2 heterocycles. The predicted molar refractivity (Wildman–Crippen MR) is 226 cm³/mol. The highest BCUT2D eigenvalue weighted by Crippen LogP contribution is 2.42. The summed E-state index contributed by atoms with van der Waals surface area (Å²) in [7, 11) is 0. The van der Waals surface area contributed by atoms with Gasteiger partial charge in [-0.2, -0.15) is 54.1 Å². The Hall–Kier alpha value is -6.58. The number of nitrogens with zero attached hydrogens (tertiary/aromatic N) is 5. The van der Waals surface area contributed by atoms with Gasteiger partial charge >= 0.3 is 37.6 Å². The van der Waals surface area contributed by atoms with Crippen LogP contribution in [0.1, 0.15) is 72.7 Å². The molecule has 0 unspecified atom stereocenters. The minimum atomic E-state index is -5.31. The lowest BCUT2D eigenvalue weighted by Crippen LogP contribution is -2.63. The largest absolute Gasteiger partial charge is 0.465 e. The minimum absolute atomic E-state index is 0.140. The Kier molecular flexibility index (Phi) is 17.5. The molecule has 4 aromatic rings. The number of alkyl carbamates (subject to hydrolysis) is 1. The normalized spacial score (nSPS) is 14.5. The summed E-state index contributed by atoms with van der Waals surface area (Å²) in [5.74, 6) is -6.40. The first kappa shape index (κ1) is 57.0. The van der Waals surface area contributed by atoms with Crippen molar-refractivity contribution in [2.45, 2.75) is 117 Å². The number of carboxylic acid groups (broad SMARTS) is 1. The van der Waals surface area contributed by atoms with Gasteiger partial charge in [-0.25, -0.2) is 32.7 Å². The Morgan fingerprint density at radius 1 is 0.732 bits per heavy atom. The molecule has 16 nitrogen and oxygen atoms in total. The summed E-state index contributed by atoms with van der Waals surface area (Å²) >= 11 is 0. The van der Waals surface area contributed by atoms with E-state index in [0.717, 1.165) is 24.7 Å². The van der Waals surface area contributed by atoms with E-state index in [4.69, 9.17) is 4.74 Å². The quantitative estimate of drug-likeness (QED) is 0.0393. The molecule has 0 aliphatic carbocycles. The number of hydrogen-bond donors (Lipinski definition) is 6. The number of ether oxygens (including phenoxy) is 1. The third kappa shape index (κ3) is 14.5. The predicted octanol–water partition coefficient (Wildman–Crippen LogP) is 8.11. The number of nitrogens with one attached hydrogen (secondary N) is 4. The average Bonchev–Trinajstić information content (AvgIpc) is 3.93. The zero-order valence-corrected chi connectivity index (χ0v) is 38.6. The number of carbonyl (C=O) groups is 4. The number of alkyl halides is 10. The van der Waals surface area contributed by atoms with E-state index in [-0.39, 0.29) is 21.5 Å². The van der Waals surface area contributed by atoms with Crippen molar-refractivity contribution in [2.24, 2.45) is 10.8 Å². The molecule has 0 fully saturated rings. The van der Waals surface area contributed by atoms with Crippen LogP contribution in [0.3, 0.4) is 0 Å². The summed E-state index contributed by atoms with van der Waals surface area (Å²) in [4.78, 5) is 52.4. The lowest BCUT2D eigenvalue weighted by atomic mass is 9.82. The third-order valence-electron chi connectivity index (χ3n) is 11.0. The van der Waals surface area contributed by atoms with Crippen molar-refractivity contribution in [3.63, 3.8) is 0 Å². The fraction of sp³-hybridized carbons (Fsp3) is 0.488. The first-order chi connectivity index (χ1) is 32.5. The Morgan fingerprint density at radius 3 is 1.73 bits per heavy atom. The molecule has 28 heteroatoms. The number of hydrazine groups is 1. The molecule has 4 amide bonds. The summed E-state index contributed by atoms with van der Waals surface area (Å²) in [6.07, 6.45) is -14.1. The van der Waals surface area contributed by atoms with Crippen molar-refractivity contribution in [3.05, 3.63) is 83.8 Å². The first-order valence-corrected chi connectivity index (χ1v) is 20.9. The smallest absolute Gasteiger partial charge is 0.408 e. The second-order valence-corrected chi connectivity index (χ2v) is 18.2. The van der Waals surface area contributed by atoms with Crippen molar-refractivity contribution in [1.29, 1.82) is 0 Å². The number of benzene rings is 2. The molecule has 392 valence electrons. The summed E-state index contributed by atoms with van der Waals surface area (Å²) in [5, 5.41) is 34.3. The van der Waals surface area contributed by atoms with Crippen LogP contribution in [-0.2, 0) is 27.3 Å². The second kappa shape index (κ2) is 21.8. The topological polar surface area (TPSA) is 205 Å². The number of rotatable bonds is 19. The van der Waals surface area contributed by atoms with Crippen molar-refractivity contribution < 1.29 is 86.8 Å². The Bertz CT molecular complexity index is 2480.